The standard InChI is InChI=1S/C13H19N3O4/c1-9-7-12(20-15-9)14-11(17)8-16-5-3-10(4-6-16)13(18)19-2/h7,10H,3-6,8H2,1-2H3,(H,14,17). The van der Waals surface area contributed by atoms with Crippen LogP contribution in [-0.2, 0) is 14.3 Å². The number of rotatable bonds is 4. The number of hydrogen-bond donors (Lipinski definition) is 1. The van der Waals surface area contributed by atoms with Crippen LogP contribution in [0.1, 0.15) is 18.5 Å². The van der Waals surface area contributed by atoms with Crippen LogP contribution in [0.15, 0.2) is 10.6 Å². The van der Waals surface area contributed by atoms with Gasteiger partial charge in [-0.1, -0.05) is 5.16 Å². The molecule has 2 heterocycles. The molecule has 7 nitrogen and oxygen atoms in total. The minimum Gasteiger partial charge on any atom is -0.469 e. The fourth-order valence-electron chi connectivity index (χ4n) is 2.30. The number of carbonyl (C=O) groups excluding carboxylic acids is 2. The summed E-state index contributed by atoms with van der Waals surface area (Å²) in [6.45, 7) is 3.50. The van der Waals surface area contributed by atoms with E-state index in [2.05, 4.69) is 10.5 Å². The van der Waals surface area contributed by atoms with Gasteiger partial charge in [0.2, 0.25) is 11.8 Å². The number of ether oxygens (including phenoxy) is 1. The summed E-state index contributed by atoms with van der Waals surface area (Å²) in [4.78, 5) is 25.2. The monoisotopic (exact) mass is 281 g/mol. The summed E-state index contributed by atoms with van der Waals surface area (Å²) in [5.41, 5.74) is 0.721. The summed E-state index contributed by atoms with van der Waals surface area (Å²) < 4.78 is 9.66. The molecule has 20 heavy (non-hydrogen) atoms. The van der Waals surface area contributed by atoms with Gasteiger partial charge in [-0.25, -0.2) is 0 Å². The van der Waals surface area contributed by atoms with E-state index >= 15 is 0 Å². The molecule has 0 aromatic carbocycles. The molecule has 1 amide bonds. The molecule has 0 radical (unpaired) electrons. The van der Waals surface area contributed by atoms with Crippen molar-refractivity contribution in [2.75, 3.05) is 32.1 Å². The average molecular weight is 281 g/mol. The molecule has 0 unspecified atom stereocenters. The smallest absolute Gasteiger partial charge is 0.308 e. The third kappa shape index (κ3) is 3.80. The number of amides is 1. The molecule has 1 aliphatic rings. The second kappa shape index (κ2) is 6.51. The van der Waals surface area contributed by atoms with Crippen molar-refractivity contribution in [1.82, 2.24) is 10.1 Å². The maximum atomic E-state index is 11.8. The normalized spacial score (nSPS) is 16.9. The lowest BCUT2D eigenvalue weighted by Crippen LogP contribution is -2.40. The van der Waals surface area contributed by atoms with Crippen LogP contribution in [0, 0.1) is 12.8 Å². The molecule has 1 aromatic rings. The number of aromatic nitrogens is 1. The van der Waals surface area contributed by atoms with E-state index in [9.17, 15) is 9.59 Å². The predicted octanol–water partition coefficient (Wildman–Crippen LogP) is 0.807. The Hall–Kier alpha value is -1.89. The lowest BCUT2D eigenvalue weighted by Gasteiger charge is -2.29. The minimum absolute atomic E-state index is 0.0452. The first kappa shape index (κ1) is 14.5. The first-order chi connectivity index (χ1) is 9.58. The lowest BCUT2D eigenvalue weighted by molar-refractivity contribution is -0.147. The van der Waals surface area contributed by atoms with Crippen LogP contribution in [-0.4, -0.2) is 48.7 Å². The number of esters is 1. The molecular formula is C13H19N3O4. The number of piperidine rings is 1. The molecule has 1 fully saturated rings. The highest BCUT2D eigenvalue weighted by molar-refractivity contribution is 5.91. The Morgan fingerprint density at radius 3 is 2.75 bits per heavy atom. The Morgan fingerprint density at radius 1 is 1.50 bits per heavy atom. The number of nitrogens with one attached hydrogen (secondary N) is 1. The van der Waals surface area contributed by atoms with Crippen LogP contribution >= 0.6 is 0 Å². The van der Waals surface area contributed by atoms with Crippen molar-refractivity contribution in [3.8, 4) is 0 Å². The summed E-state index contributed by atoms with van der Waals surface area (Å²) >= 11 is 0. The zero-order valence-corrected chi connectivity index (χ0v) is 11.7. The quantitative estimate of drug-likeness (QED) is 0.822. The van der Waals surface area contributed by atoms with Crippen LogP contribution < -0.4 is 5.32 Å². The van der Waals surface area contributed by atoms with Gasteiger partial charge in [-0.05, 0) is 32.9 Å². The molecule has 0 saturated carbocycles. The largest absolute Gasteiger partial charge is 0.469 e. The second-order valence-corrected chi connectivity index (χ2v) is 4.95. The van der Waals surface area contributed by atoms with Crippen molar-refractivity contribution in [2.24, 2.45) is 5.92 Å². The minimum atomic E-state index is -0.161. The van der Waals surface area contributed by atoms with Gasteiger partial charge in [-0.2, -0.15) is 0 Å². The van der Waals surface area contributed by atoms with Crippen molar-refractivity contribution in [3.05, 3.63) is 11.8 Å². The van der Waals surface area contributed by atoms with Crippen molar-refractivity contribution in [2.45, 2.75) is 19.8 Å². The molecular weight excluding hydrogens is 262 g/mol. The van der Waals surface area contributed by atoms with E-state index in [1.165, 1.54) is 7.11 Å². The predicted molar refractivity (Wildman–Crippen MR) is 71.0 cm³/mol. The van der Waals surface area contributed by atoms with E-state index in [-0.39, 0.29) is 24.3 Å². The molecule has 0 spiro atoms. The van der Waals surface area contributed by atoms with Crippen LogP contribution in [0.3, 0.4) is 0 Å². The summed E-state index contributed by atoms with van der Waals surface area (Å²) in [7, 11) is 1.40. The number of hydrogen-bond acceptors (Lipinski definition) is 6. The highest BCUT2D eigenvalue weighted by Gasteiger charge is 2.26. The molecule has 1 aliphatic heterocycles. The molecule has 0 atom stereocenters. The maximum absolute atomic E-state index is 11.8. The summed E-state index contributed by atoms with van der Waals surface area (Å²) in [6.07, 6.45) is 1.45. The van der Waals surface area contributed by atoms with Crippen LogP contribution in [0.5, 0.6) is 0 Å². The summed E-state index contributed by atoms with van der Waals surface area (Å²) in [5, 5.41) is 6.35. The van der Waals surface area contributed by atoms with Gasteiger partial charge in [0, 0.05) is 6.07 Å². The van der Waals surface area contributed by atoms with Crippen LogP contribution in [0.25, 0.3) is 0 Å². The number of anilines is 1. The van der Waals surface area contributed by atoms with Gasteiger partial charge in [0.25, 0.3) is 0 Å². The molecule has 2 rings (SSSR count). The maximum Gasteiger partial charge on any atom is 0.308 e. The average Bonchev–Trinajstić information content (AvgIpc) is 2.84. The Bertz CT molecular complexity index is 478. The Balaban J connectivity index is 1.75. The van der Waals surface area contributed by atoms with Crippen molar-refractivity contribution < 1.29 is 18.8 Å². The molecule has 1 aromatic heterocycles. The molecule has 0 aliphatic carbocycles. The number of carbonyl (C=O) groups is 2. The zero-order chi connectivity index (χ0) is 14.5. The van der Waals surface area contributed by atoms with E-state index in [0.29, 0.717) is 19.0 Å². The third-order valence-corrected chi connectivity index (χ3v) is 3.38. The Morgan fingerprint density at radius 2 is 2.20 bits per heavy atom. The second-order valence-electron chi connectivity index (χ2n) is 4.95. The van der Waals surface area contributed by atoms with Gasteiger partial charge in [0.1, 0.15) is 0 Å². The van der Waals surface area contributed by atoms with E-state index < -0.39 is 0 Å². The highest BCUT2D eigenvalue weighted by atomic mass is 16.5. The van der Waals surface area contributed by atoms with E-state index in [4.69, 9.17) is 9.26 Å². The van der Waals surface area contributed by atoms with E-state index in [1.807, 2.05) is 4.90 Å². The Kier molecular flexibility index (Phi) is 4.73. The lowest BCUT2D eigenvalue weighted by atomic mass is 9.97. The van der Waals surface area contributed by atoms with Crippen molar-refractivity contribution >= 4 is 17.8 Å². The van der Waals surface area contributed by atoms with Crippen LogP contribution in [0.2, 0.25) is 0 Å². The van der Waals surface area contributed by atoms with Gasteiger partial charge in [0.05, 0.1) is 25.3 Å². The summed E-state index contributed by atoms with van der Waals surface area (Å²) in [5.74, 6) is 0.0112. The van der Waals surface area contributed by atoms with Gasteiger partial charge < -0.3 is 9.26 Å². The van der Waals surface area contributed by atoms with Crippen molar-refractivity contribution in [3.63, 3.8) is 0 Å². The van der Waals surface area contributed by atoms with E-state index in [0.717, 1.165) is 18.5 Å². The number of aryl methyl sites for hydroxylation is 1. The first-order valence-electron chi connectivity index (χ1n) is 6.62. The molecule has 0 bridgehead atoms. The van der Waals surface area contributed by atoms with Crippen molar-refractivity contribution in [1.29, 1.82) is 0 Å². The Labute approximate surface area is 117 Å². The fraction of sp³-hybridized carbons (Fsp3) is 0.615. The number of methoxy groups -OCH3 is 1. The molecule has 1 saturated heterocycles. The van der Waals surface area contributed by atoms with Gasteiger partial charge >= 0.3 is 5.97 Å². The topological polar surface area (TPSA) is 84.7 Å². The number of nitrogens with zero attached hydrogens (tertiary/aromatic N) is 2. The molecule has 7 heteroatoms. The SMILES string of the molecule is COC(=O)C1CCN(CC(=O)Nc2cc(C)no2)CC1. The highest BCUT2D eigenvalue weighted by Crippen LogP contribution is 2.18. The van der Waals surface area contributed by atoms with E-state index in [1.54, 1.807) is 13.0 Å². The molecule has 1 N–H and O–H groups in total. The van der Waals surface area contributed by atoms with Gasteiger partial charge in [-0.3, -0.25) is 19.8 Å². The number of likely N-dealkylation sites (tertiary alicyclic amines) is 1. The third-order valence-electron chi connectivity index (χ3n) is 3.38. The van der Waals surface area contributed by atoms with Gasteiger partial charge in [-0.15, -0.1) is 0 Å². The first-order valence-corrected chi connectivity index (χ1v) is 6.62. The van der Waals surface area contributed by atoms with Gasteiger partial charge in [0.15, 0.2) is 0 Å². The fourth-order valence-corrected chi connectivity index (χ4v) is 2.30. The molecule has 110 valence electrons. The van der Waals surface area contributed by atoms with Crippen LogP contribution in [0.4, 0.5) is 5.88 Å². The zero-order valence-electron chi connectivity index (χ0n) is 11.7. The summed E-state index contributed by atoms with van der Waals surface area (Å²) in [6, 6.07) is 1.67.